The molecule has 0 fully saturated rings. The quantitative estimate of drug-likeness (QED) is 0.591. The van der Waals surface area contributed by atoms with Crippen molar-refractivity contribution in [2.24, 2.45) is 0 Å². The van der Waals surface area contributed by atoms with E-state index in [2.05, 4.69) is 15.3 Å². The van der Waals surface area contributed by atoms with Gasteiger partial charge in [-0.25, -0.2) is 14.2 Å². The minimum atomic E-state index is -0.506. The average molecular weight is 252 g/mol. The molecule has 2 aromatic rings. The number of hydrogen-bond donors (Lipinski definition) is 1. The zero-order valence-corrected chi connectivity index (χ0v) is 9.67. The minimum absolute atomic E-state index is 0.0476. The Labute approximate surface area is 102 Å². The molecule has 0 aliphatic heterocycles. The lowest BCUT2D eigenvalue weighted by Crippen LogP contribution is -2.09. The smallest absolute Gasteiger partial charge is 0.342 e. The molecule has 9 heteroatoms. The lowest BCUT2D eigenvalue weighted by molar-refractivity contribution is -0.392. The van der Waals surface area contributed by atoms with Crippen LogP contribution in [0, 0.1) is 10.1 Å². The molecule has 9 nitrogen and oxygen atoms in total. The second kappa shape index (κ2) is 4.92. The molecule has 1 unspecified atom stereocenters. The molecule has 0 radical (unpaired) electrons. The van der Waals surface area contributed by atoms with Crippen LogP contribution in [0.3, 0.4) is 0 Å². The number of imidazole rings is 1. The third-order valence-electron chi connectivity index (χ3n) is 2.48. The summed E-state index contributed by atoms with van der Waals surface area (Å²) in [5.41, 5.74) is 0.566. The first-order valence-electron chi connectivity index (χ1n) is 5.28. The number of aromatic nitrogens is 5. The predicted molar refractivity (Wildman–Crippen MR) is 59.8 cm³/mol. The van der Waals surface area contributed by atoms with E-state index in [1.54, 1.807) is 13.1 Å². The number of aliphatic hydroxyl groups excluding tert-OH is 1. The standard InChI is InChI=1S/C9H12N6O3/c1-7(5-16)14-4-8(11-12-14)3-13-6-10-2-9(13)15(17)18/h2,4,6-7,16H,3,5H2,1H3. The van der Waals surface area contributed by atoms with Crippen molar-refractivity contribution in [1.29, 1.82) is 0 Å². The van der Waals surface area contributed by atoms with Crippen LogP contribution in [0.2, 0.25) is 0 Å². The SMILES string of the molecule is CC(CO)n1cc(Cn2cncc2[N+](=O)[O-])nn1. The predicted octanol–water partition coefficient (Wildman–Crippen LogP) is -0.0156. The monoisotopic (exact) mass is 252 g/mol. The van der Waals surface area contributed by atoms with E-state index in [1.165, 1.54) is 21.8 Å². The summed E-state index contributed by atoms with van der Waals surface area (Å²) in [5.74, 6) is -0.0974. The number of nitro groups is 1. The molecule has 0 bridgehead atoms. The Morgan fingerprint density at radius 1 is 1.61 bits per heavy atom. The molecular weight excluding hydrogens is 240 g/mol. The number of rotatable bonds is 5. The van der Waals surface area contributed by atoms with Gasteiger partial charge in [0.2, 0.25) is 0 Å². The molecule has 0 saturated carbocycles. The molecule has 18 heavy (non-hydrogen) atoms. The molecule has 0 saturated heterocycles. The third kappa shape index (κ3) is 2.35. The largest absolute Gasteiger partial charge is 0.394 e. The Morgan fingerprint density at radius 3 is 3.06 bits per heavy atom. The molecule has 0 aliphatic rings. The van der Waals surface area contributed by atoms with Crippen molar-refractivity contribution in [2.75, 3.05) is 6.61 Å². The van der Waals surface area contributed by atoms with Crippen molar-refractivity contribution < 1.29 is 10.0 Å². The lowest BCUT2D eigenvalue weighted by Gasteiger charge is -2.05. The minimum Gasteiger partial charge on any atom is -0.394 e. The number of nitrogens with zero attached hydrogens (tertiary/aromatic N) is 6. The fraction of sp³-hybridized carbons (Fsp3) is 0.444. The van der Waals surface area contributed by atoms with E-state index in [0.29, 0.717) is 5.69 Å². The molecule has 2 aromatic heterocycles. The highest BCUT2D eigenvalue weighted by atomic mass is 16.6. The summed E-state index contributed by atoms with van der Waals surface area (Å²) in [6.07, 6.45) is 4.19. The third-order valence-corrected chi connectivity index (χ3v) is 2.48. The van der Waals surface area contributed by atoms with Gasteiger partial charge in [-0.15, -0.1) is 5.10 Å². The molecule has 2 heterocycles. The molecular formula is C9H12N6O3. The maximum atomic E-state index is 10.7. The molecule has 0 aliphatic carbocycles. The Hall–Kier alpha value is -2.29. The lowest BCUT2D eigenvalue weighted by atomic mass is 10.4. The van der Waals surface area contributed by atoms with Crippen molar-refractivity contribution in [3.05, 3.63) is 34.5 Å². The van der Waals surface area contributed by atoms with Crippen LogP contribution in [0.4, 0.5) is 5.82 Å². The maximum absolute atomic E-state index is 10.7. The molecule has 0 aromatic carbocycles. The Kier molecular flexibility index (Phi) is 3.33. The Morgan fingerprint density at radius 2 is 2.39 bits per heavy atom. The van der Waals surface area contributed by atoms with E-state index in [0.717, 1.165) is 0 Å². The van der Waals surface area contributed by atoms with Crippen molar-refractivity contribution in [1.82, 2.24) is 24.5 Å². The van der Waals surface area contributed by atoms with Gasteiger partial charge in [0, 0.05) is 0 Å². The van der Waals surface area contributed by atoms with Gasteiger partial charge in [-0.05, 0) is 11.8 Å². The van der Waals surface area contributed by atoms with Gasteiger partial charge in [-0.1, -0.05) is 5.21 Å². The molecule has 0 spiro atoms. The first-order valence-corrected chi connectivity index (χ1v) is 5.28. The fourth-order valence-corrected chi connectivity index (χ4v) is 1.45. The van der Waals surface area contributed by atoms with Gasteiger partial charge in [0.05, 0.1) is 18.8 Å². The molecule has 1 N–H and O–H groups in total. The molecule has 0 amide bonds. The van der Waals surface area contributed by atoms with Gasteiger partial charge in [0.1, 0.15) is 18.4 Å². The number of aliphatic hydroxyl groups is 1. The highest BCUT2D eigenvalue weighted by Crippen LogP contribution is 2.12. The van der Waals surface area contributed by atoms with Gasteiger partial charge >= 0.3 is 5.82 Å². The van der Waals surface area contributed by atoms with Crippen molar-refractivity contribution in [2.45, 2.75) is 19.5 Å². The topological polar surface area (TPSA) is 112 Å². The van der Waals surface area contributed by atoms with Crippen LogP contribution in [0.1, 0.15) is 18.7 Å². The maximum Gasteiger partial charge on any atom is 0.342 e. The van der Waals surface area contributed by atoms with E-state index in [9.17, 15) is 10.1 Å². The number of hydrogen-bond acceptors (Lipinski definition) is 6. The summed E-state index contributed by atoms with van der Waals surface area (Å²) in [6.45, 7) is 1.96. The van der Waals surface area contributed by atoms with Gasteiger partial charge in [-0.2, -0.15) is 0 Å². The van der Waals surface area contributed by atoms with Gasteiger partial charge in [0.15, 0.2) is 6.33 Å². The van der Waals surface area contributed by atoms with Crippen LogP contribution in [0.15, 0.2) is 18.7 Å². The van der Waals surface area contributed by atoms with Crippen LogP contribution >= 0.6 is 0 Å². The zero-order chi connectivity index (χ0) is 13.1. The first-order chi connectivity index (χ1) is 8.61. The Balaban J connectivity index is 2.16. The summed E-state index contributed by atoms with van der Waals surface area (Å²) < 4.78 is 2.88. The molecule has 2 rings (SSSR count). The normalized spacial score (nSPS) is 12.6. The van der Waals surface area contributed by atoms with Gasteiger partial charge in [-0.3, -0.25) is 0 Å². The fourth-order valence-electron chi connectivity index (χ4n) is 1.45. The summed E-state index contributed by atoms with van der Waals surface area (Å²) in [4.78, 5) is 13.9. The van der Waals surface area contributed by atoms with Gasteiger partial charge < -0.3 is 15.2 Å². The van der Waals surface area contributed by atoms with Crippen molar-refractivity contribution in [3.8, 4) is 0 Å². The van der Waals surface area contributed by atoms with E-state index in [-0.39, 0.29) is 25.0 Å². The second-order valence-electron chi connectivity index (χ2n) is 3.86. The van der Waals surface area contributed by atoms with Crippen LogP contribution in [-0.2, 0) is 6.54 Å². The summed E-state index contributed by atoms with van der Waals surface area (Å²) in [5, 5.41) is 27.4. The second-order valence-corrected chi connectivity index (χ2v) is 3.86. The van der Waals surface area contributed by atoms with E-state index >= 15 is 0 Å². The highest BCUT2D eigenvalue weighted by Gasteiger charge is 2.15. The van der Waals surface area contributed by atoms with Crippen LogP contribution < -0.4 is 0 Å². The van der Waals surface area contributed by atoms with Crippen LogP contribution in [0.5, 0.6) is 0 Å². The Bertz CT molecular complexity index is 548. The van der Waals surface area contributed by atoms with E-state index < -0.39 is 4.92 Å². The summed E-state index contributed by atoms with van der Waals surface area (Å²) >= 11 is 0. The highest BCUT2D eigenvalue weighted by molar-refractivity contribution is 5.16. The summed E-state index contributed by atoms with van der Waals surface area (Å²) in [6, 6.07) is -0.177. The van der Waals surface area contributed by atoms with E-state index in [4.69, 9.17) is 5.11 Å². The van der Waals surface area contributed by atoms with Crippen molar-refractivity contribution >= 4 is 5.82 Å². The first kappa shape index (κ1) is 12.2. The van der Waals surface area contributed by atoms with Crippen LogP contribution in [-0.4, -0.2) is 41.2 Å². The molecule has 96 valence electrons. The molecule has 1 atom stereocenters. The van der Waals surface area contributed by atoms with Crippen molar-refractivity contribution in [3.63, 3.8) is 0 Å². The van der Waals surface area contributed by atoms with Gasteiger partial charge in [0.25, 0.3) is 0 Å². The van der Waals surface area contributed by atoms with Crippen LogP contribution in [0.25, 0.3) is 0 Å². The zero-order valence-electron chi connectivity index (χ0n) is 9.67. The average Bonchev–Trinajstić information content (AvgIpc) is 2.97. The summed E-state index contributed by atoms with van der Waals surface area (Å²) in [7, 11) is 0. The van der Waals surface area contributed by atoms with E-state index in [1.807, 2.05) is 0 Å².